The molecule has 3 rings (SSSR count). The lowest BCUT2D eigenvalue weighted by Gasteiger charge is -2.16. The van der Waals surface area contributed by atoms with Crippen LogP contribution in [-0.4, -0.2) is 40.5 Å². The maximum atomic E-state index is 13.3. The number of carboxylic acid groups (broad SMARTS) is 1. The first-order chi connectivity index (χ1) is 20.2. The average molecular weight is 630 g/mol. The van der Waals surface area contributed by atoms with Gasteiger partial charge in [0.2, 0.25) is 10.9 Å². The summed E-state index contributed by atoms with van der Waals surface area (Å²) in [6, 6.07) is 5.96. The maximum Gasteiger partial charge on any atom is 0.338 e. The number of aliphatic hydroxyl groups excluding tert-OH is 1. The van der Waals surface area contributed by atoms with Gasteiger partial charge in [0.1, 0.15) is 11.1 Å². The van der Waals surface area contributed by atoms with Crippen molar-refractivity contribution in [1.82, 2.24) is 0 Å². The molecule has 0 aliphatic carbocycles. The van der Waals surface area contributed by atoms with E-state index in [1.54, 1.807) is 6.92 Å². The van der Waals surface area contributed by atoms with E-state index < -0.39 is 60.6 Å². The van der Waals surface area contributed by atoms with Crippen LogP contribution in [0.25, 0.3) is 4.91 Å². The lowest BCUT2D eigenvalue weighted by molar-refractivity contribution is 0.0694. The van der Waals surface area contributed by atoms with Gasteiger partial charge in [-0.15, -0.1) is 0 Å². The van der Waals surface area contributed by atoms with Crippen LogP contribution in [0.4, 0.5) is 11.4 Å². The van der Waals surface area contributed by atoms with Crippen molar-refractivity contribution < 1.29 is 36.9 Å². The summed E-state index contributed by atoms with van der Waals surface area (Å²) in [5.74, 6) is -1.54. The molecule has 14 nitrogen and oxygen atoms in total. The lowest BCUT2D eigenvalue weighted by atomic mass is 10.1. The molecule has 1 atom stereocenters. The fourth-order valence-electron chi connectivity index (χ4n) is 3.92. The minimum atomic E-state index is -3.85. The molecule has 3 aromatic carbocycles. The highest BCUT2D eigenvalue weighted by atomic mass is 32.2. The highest BCUT2D eigenvalue weighted by Crippen LogP contribution is 2.32. The molecule has 0 aliphatic heterocycles. The number of carboxylic acids is 1. The molecule has 0 saturated carbocycles. The van der Waals surface area contributed by atoms with Crippen LogP contribution in [0.1, 0.15) is 32.6 Å². The van der Waals surface area contributed by atoms with Gasteiger partial charge in [0, 0.05) is 21.9 Å². The number of aliphatic hydroxyl groups is 1. The maximum absolute atomic E-state index is 13.3. The third-order valence-electron chi connectivity index (χ3n) is 6.15. The van der Waals surface area contributed by atoms with Crippen molar-refractivity contribution in [2.45, 2.75) is 25.3 Å². The number of sulfone groups is 1. The van der Waals surface area contributed by atoms with Crippen LogP contribution in [0.15, 0.2) is 73.6 Å². The van der Waals surface area contributed by atoms with Crippen molar-refractivity contribution in [3.05, 3.63) is 108 Å². The first-order valence-electron chi connectivity index (χ1n) is 12.0. The van der Waals surface area contributed by atoms with E-state index in [0.29, 0.717) is 11.6 Å². The Kier molecular flexibility index (Phi) is 9.92. The molecule has 0 bridgehead atoms. The summed E-state index contributed by atoms with van der Waals surface area (Å²) in [6.07, 6.45) is 0. The Morgan fingerprint density at radius 1 is 1.05 bits per heavy atom. The molecule has 3 aromatic rings. The van der Waals surface area contributed by atoms with Gasteiger partial charge in [-0.3, -0.25) is 24.6 Å². The van der Waals surface area contributed by atoms with Crippen LogP contribution in [-0.2, 0) is 27.5 Å². The van der Waals surface area contributed by atoms with Crippen molar-refractivity contribution in [2.75, 3.05) is 18.0 Å². The molecule has 0 heterocycles. The molecule has 0 radical (unpaired) electrons. The number of hydrogen-bond acceptors (Lipinski definition) is 13. The highest BCUT2D eigenvalue weighted by Gasteiger charge is 2.18. The Hall–Kier alpha value is -4.77. The van der Waals surface area contributed by atoms with E-state index in [9.17, 15) is 41.8 Å². The number of aryl methyl sites for hydroxylation is 2. The van der Waals surface area contributed by atoms with Crippen molar-refractivity contribution in [1.29, 1.82) is 0 Å². The van der Waals surface area contributed by atoms with Crippen LogP contribution in [0, 0.1) is 13.8 Å². The molecule has 0 fully saturated rings. The summed E-state index contributed by atoms with van der Waals surface area (Å²) >= 11 is -2.60. The minimum Gasteiger partial charge on any atom is -0.768 e. The Morgan fingerprint density at radius 2 is 1.65 bits per heavy atom. The molecule has 16 heteroatoms. The molecule has 0 aliphatic rings. The zero-order valence-corrected chi connectivity index (χ0v) is 24.6. The summed E-state index contributed by atoms with van der Waals surface area (Å²) in [5.41, 5.74) is 3.23. The van der Waals surface area contributed by atoms with Gasteiger partial charge in [-0.05, 0) is 65.9 Å². The molecule has 1 unspecified atom stereocenters. The van der Waals surface area contributed by atoms with E-state index >= 15 is 0 Å². The van der Waals surface area contributed by atoms with Crippen molar-refractivity contribution in [3.63, 3.8) is 0 Å². The Morgan fingerprint density at radius 3 is 2.21 bits per heavy atom. The van der Waals surface area contributed by atoms with Crippen LogP contribution in [0.5, 0.6) is 5.75 Å². The third kappa shape index (κ3) is 6.83. The van der Waals surface area contributed by atoms with Gasteiger partial charge in [0.05, 0.1) is 35.6 Å². The SMILES string of the molecule is C=CS(=O)(=O)c1cc(CO)c(N/N=c2\c(=O)cc(C(=O)O)/c(=N/Nc3cc(C)c(C(=C)S(=O)[O-])cc3OC)c2=O)cc1C. The third-order valence-corrected chi connectivity index (χ3v) is 8.26. The second-order valence-electron chi connectivity index (χ2n) is 8.87. The Labute approximate surface area is 246 Å². The quantitative estimate of drug-likeness (QED) is 0.170. The molecule has 0 aromatic heterocycles. The predicted molar refractivity (Wildman–Crippen MR) is 157 cm³/mol. The minimum absolute atomic E-state index is 0.0674. The second-order valence-corrected chi connectivity index (χ2v) is 11.7. The summed E-state index contributed by atoms with van der Waals surface area (Å²) in [6.45, 7) is 9.21. The number of benzene rings is 3. The molecule has 0 spiro atoms. The first-order valence-corrected chi connectivity index (χ1v) is 14.6. The summed E-state index contributed by atoms with van der Waals surface area (Å²) in [5, 5.41) is 26.4. The number of carbonyl (C=O) groups is 1. The van der Waals surface area contributed by atoms with E-state index in [-0.39, 0.29) is 43.6 Å². The molecule has 4 N–H and O–H groups in total. The van der Waals surface area contributed by atoms with Gasteiger partial charge in [-0.2, -0.15) is 10.2 Å². The smallest absolute Gasteiger partial charge is 0.338 e. The zero-order chi connectivity index (χ0) is 32.2. The van der Waals surface area contributed by atoms with E-state index in [0.717, 1.165) is 5.41 Å². The van der Waals surface area contributed by atoms with E-state index in [1.165, 1.54) is 38.3 Å². The molecular weight excluding hydrogens is 604 g/mol. The fraction of sp³-hybridized carbons (Fsp3) is 0.148. The predicted octanol–water partition coefficient (Wildman–Crippen LogP) is 0.721. The monoisotopic (exact) mass is 629 g/mol. The number of anilines is 2. The van der Waals surface area contributed by atoms with Crippen LogP contribution < -0.4 is 37.2 Å². The topological polar surface area (TPSA) is 224 Å². The lowest BCUT2D eigenvalue weighted by Crippen LogP contribution is -2.50. The number of nitrogens with zero attached hydrogens (tertiary/aromatic N) is 2. The van der Waals surface area contributed by atoms with E-state index in [1.807, 2.05) is 0 Å². The molecule has 0 amide bonds. The average Bonchev–Trinajstić information content (AvgIpc) is 2.95. The summed E-state index contributed by atoms with van der Waals surface area (Å²) in [7, 11) is -2.56. The number of methoxy groups -OCH3 is 1. The fourth-order valence-corrected chi connectivity index (χ4v) is 5.32. The van der Waals surface area contributed by atoms with E-state index in [4.69, 9.17) is 4.74 Å². The molecular formula is C27H25N4O10S2-. The van der Waals surface area contributed by atoms with Crippen molar-refractivity contribution in [2.24, 2.45) is 10.2 Å². The zero-order valence-electron chi connectivity index (χ0n) is 23.0. The largest absolute Gasteiger partial charge is 0.768 e. The van der Waals surface area contributed by atoms with Gasteiger partial charge in [-0.1, -0.05) is 13.2 Å². The molecule has 43 heavy (non-hydrogen) atoms. The van der Waals surface area contributed by atoms with Gasteiger partial charge >= 0.3 is 5.97 Å². The molecule has 0 saturated heterocycles. The highest BCUT2D eigenvalue weighted by molar-refractivity contribution is 7.94. The number of nitrogens with one attached hydrogen (secondary N) is 2. The van der Waals surface area contributed by atoms with Gasteiger partial charge in [0.25, 0.3) is 0 Å². The number of hydrogen-bond donors (Lipinski definition) is 4. The second kappa shape index (κ2) is 13.0. The van der Waals surface area contributed by atoms with Gasteiger partial charge in [-0.25, -0.2) is 13.2 Å². The summed E-state index contributed by atoms with van der Waals surface area (Å²) in [4.78, 5) is 37.5. The first kappa shape index (κ1) is 32.7. The number of ether oxygens (including phenoxy) is 1. The van der Waals surface area contributed by atoms with Crippen molar-refractivity contribution >= 4 is 43.2 Å². The Bertz CT molecular complexity index is 2030. The molecule has 226 valence electrons. The normalized spacial score (nSPS) is 13.0. The van der Waals surface area contributed by atoms with Gasteiger partial charge < -0.3 is 19.5 Å². The standard InChI is InChI=1S/C27H26N4O10S2/c1-6-43(39,40)23-9-16(12-32)19(8-14(23)3)28-31-25-21(33)10-18(27(35)36)24(26(25)34)30-29-20-7-13(2)17(11-22(20)41-5)15(4)42(37)38/h6-11,28-29,32H,1,4,12H2,2-3,5H3,(H,35,36)(H,37,38)/p-1/b30-24-,31-25+. The number of rotatable bonds is 11. The Balaban J connectivity index is 2.18. The summed E-state index contributed by atoms with van der Waals surface area (Å²) < 4.78 is 52.5. The van der Waals surface area contributed by atoms with E-state index in [2.05, 4.69) is 34.2 Å². The van der Waals surface area contributed by atoms with Crippen molar-refractivity contribution in [3.8, 4) is 5.75 Å². The van der Waals surface area contributed by atoms with Crippen LogP contribution in [0.2, 0.25) is 0 Å². The van der Waals surface area contributed by atoms with Crippen LogP contribution in [0.3, 0.4) is 0 Å². The van der Waals surface area contributed by atoms with Gasteiger partial charge in [0.15, 0.2) is 15.2 Å². The van der Waals surface area contributed by atoms with Crippen LogP contribution >= 0.6 is 0 Å². The number of aromatic carboxylic acids is 1.